The van der Waals surface area contributed by atoms with E-state index in [1.165, 1.54) is 0 Å². The highest BCUT2D eigenvalue weighted by molar-refractivity contribution is 5.46. The predicted octanol–water partition coefficient (Wildman–Crippen LogP) is 2.02. The van der Waals surface area contributed by atoms with Crippen LogP contribution in [0.4, 0.5) is 0 Å². The maximum absolute atomic E-state index is 8.93. The number of hydrogen-bond donors (Lipinski definition) is 1. The average molecular weight is 204 g/mol. The first-order chi connectivity index (χ1) is 7.22. The molecular weight excluding hydrogens is 188 g/mol. The first-order valence-corrected chi connectivity index (χ1v) is 5.01. The number of ether oxygens (including phenoxy) is 1. The van der Waals surface area contributed by atoms with Crippen molar-refractivity contribution in [2.24, 2.45) is 5.73 Å². The van der Waals surface area contributed by atoms with Crippen LogP contribution in [0.5, 0.6) is 5.75 Å². The van der Waals surface area contributed by atoms with Crippen LogP contribution in [0.15, 0.2) is 18.2 Å². The molecule has 0 saturated heterocycles. The molecule has 1 aromatic rings. The summed E-state index contributed by atoms with van der Waals surface area (Å²) in [5.41, 5.74) is 7.22. The summed E-state index contributed by atoms with van der Waals surface area (Å²) in [5.74, 6) is 1.01. The topological polar surface area (TPSA) is 59.0 Å². The lowest BCUT2D eigenvalue weighted by atomic mass is 9.96. The Balaban J connectivity index is 2.98. The van der Waals surface area contributed by atoms with Gasteiger partial charge in [-0.3, -0.25) is 0 Å². The molecule has 1 aromatic carbocycles. The lowest BCUT2D eigenvalue weighted by Gasteiger charge is -2.12. The van der Waals surface area contributed by atoms with Gasteiger partial charge in [-0.15, -0.1) is 0 Å². The standard InChI is InChI=1S/C12H16N2O/c1-9(5-6-13)10-3-4-12(15-2)11(7-10)8-14/h3-4,7,9H,5-6,13H2,1-2H3. The molecule has 0 heterocycles. The number of hydrogen-bond acceptors (Lipinski definition) is 3. The molecule has 0 fully saturated rings. The highest BCUT2D eigenvalue weighted by Gasteiger charge is 2.08. The maximum atomic E-state index is 8.93. The van der Waals surface area contributed by atoms with Gasteiger partial charge in [0.1, 0.15) is 11.8 Å². The zero-order chi connectivity index (χ0) is 11.3. The summed E-state index contributed by atoms with van der Waals surface area (Å²) >= 11 is 0. The summed E-state index contributed by atoms with van der Waals surface area (Å²) in [4.78, 5) is 0. The average Bonchev–Trinajstić information content (AvgIpc) is 2.28. The summed E-state index contributed by atoms with van der Waals surface area (Å²) in [6.07, 6.45) is 0.928. The molecule has 3 heteroatoms. The molecule has 15 heavy (non-hydrogen) atoms. The summed E-state index contributed by atoms with van der Waals surface area (Å²) in [6.45, 7) is 2.77. The van der Waals surface area contributed by atoms with Gasteiger partial charge in [0.25, 0.3) is 0 Å². The van der Waals surface area contributed by atoms with Gasteiger partial charge in [0.15, 0.2) is 0 Å². The van der Waals surface area contributed by atoms with E-state index >= 15 is 0 Å². The molecule has 0 spiro atoms. The lowest BCUT2D eigenvalue weighted by Crippen LogP contribution is -2.04. The molecule has 1 rings (SSSR count). The van der Waals surface area contributed by atoms with E-state index in [9.17, 15) is 0 Å². The summed E-state index contributed by atoms with van der Waals surface area (Å²) in [7, 11) is 1.57. The SMILES string of the molecule is COc1ccc(C(C)CCN)cc1C#N. The minimum Gasteiger partial charge on any atom is -0.495 e. The first kappa shape index (κ1) is 11.5. The number of nitrogens with zero attached hydrogens (tertiary/aromatic N) is 1. The zero-order valence-corrected chi connectivity index (χ0v) is 9.16. The Hall–Kier alpha value is -1.53. The van der Waals surface area contributed by atoms with Crippen molar-refractivity contribution in [1.82, 2.24) is 0 Å². The third-order valence-corrected chi connectivity index (χ3v) is 2.51. The first-order valence-electron chi connectivity index (χ1n) is 5.01. The van der Waals surface area contributed by atoms with Gasteiger partial charge in [0.05, 0.1) is 12.7 Å². The van der Waals surface area contributed by atoms with Crippen molar-refractivity contribution >= 4 is 0 Å². The zero-order valence-electron chi connectivity index (χ0n) is 9.16. The molecule has 0 bridgehead atoms. The van der Waals surface area contributed by atoms with Gasteiger partial charge < -0.3 is 10.5 Å². The molecule has 3 nitrogen and oxygen atoms in total. The van der Waals surface area contributed by atoms with Crippen LogP contribution in [0.25, 0.3) is 0 Å². The largest absolute Gasteiger partial charge is 0.495 e. The second-order valence-electron chi connectivity index (χ2n) is 3.55. The van der Waals surface area contributed by atoms with Crippen molar-refractivity contribution in [2.75, 3.05) is 13.7 Å². The quantitative estimate of drug-likeness (QED) is 0.816. The molecule has 2 N–H and O–H groups in total. The molecule has 0 aliphatic heterocycles. The molecule has 80 valence electrons. The van der Waals surface area contributed by atoms with Crippen molar-refractivity contribution in [2.45, 2.75) is 19.3 Å². The molecule has 0 aliphatic rings. The Morgan fingerprint density at radius 2 is 2.27 bits per heavy atom. The molecule has 0 aromatic heterocycles. The second-order valence-corrected chi connectivity index (χ2v) is 3.55. The van der Waals surface area contributed by atoms with Crippen molar-refractivity contribution in [1.29, 1.82) is 5.26 Å². The van der Waals surface area contributed by atoms with Gasteiger partial charge in [-0.1, -0.05) is 13.0 Å². The lowest BCUT2D eigenvalue weighted by molar-refractivity contribution is 0.413. The van der Waals surface area contributed by atoms with Crippen LogP contribution in [0.2, 0.25) is 0 Å². The molecule has 1 atom stereocenters. The fraction of sp³-hybridized carbons (Fsp3) is 0.417. The van der Waals surface area contributed by atoms with Crippen molar-refractivity contribution in [3.63, 3.8) is 0 Å². The number of rotatable bonds is 4. The van der Waals surface area contributed by atoms with E-state index in [2.05, 4.69) is 13.0 Å². The van der Waals surface area contributed by atoms with Crippen LogP contribution in [0.3, 0.4) is 0 Å². The fourth-order valence-electron chi connectivity index (χ4n) is 1.54. The van der Waals surface area contributed by atoms with Gasteiger partial charge in [-0.2, -0.15) is 5.26 Å². The van der Waals surface area contributed by atoms with E-state index in [0.29, 0.717) is 23.8 Å². The molecule has 0 radical (unpaired) electrons. The number of methoxy groups -OCH3 is 1. The van der Waals surface area contributed by atoms with Crippen LogP contribution in [0.1, 0.15) is 30.4 Å². The highest BCUT2D eigenvalue weighted by Crippen LogP contribution is 2.25. The highest BCUT2D eigenvalue weighted by atomic mass is 16.5. The van der Waals surface area contributed by atoms with Crippen LogP contribution in [-0.4, -0.2) is 13.7 Å². The van der Waals surface area contributed by atoms with Crippen molar-refractivity contribution in [3.05, 3.63) is 29.3 Å². The minimum atomic E-state index is 0.382. The molecule has 1 unspecified atom stereocenters. The van der Waals surface area contributed by atoms with Gasteiger partial charge in [0, 0.05) is 0 Å². The van der Waals surface area contributed by atoms with E-state index in [0.717, 1.165) is 12.0 Å². The maximum Gasteiger partial charge on any atom is 0.136 e. The normalized spacial score (nSPS) is 11.9. The Morgan fingerprint density at radius 3 is 2.80 bits per heavy atom. The molecule has 0 amide bonds. The van der Waals surface area contributed by atoms with Crippen LogP contribution >= 0.6 is 0 Å². The Kier molecular flexibility index (Phi) is 4.14. The summed E-state index contributed by atoms with van der Waals surface area (Å²) in [6, 6.07) is 7.82. The van der Waals surface area contributed by atoms with E-state index in [4.69, 9.17) is 15.7 Å². The number of nitriles is 1. The second kappa shape index (κ2) is 5.38. The van der Waals surface area contributed by atoms with Gasteiger partial charge in [-0.25, -0.2) is 0 Å². The number of nitrogens with two attached hydrogens (primary N) is 1. The Bertz CT molecular complexity index is 368. The smallest absolute Gasteiger partial charge is 0.136 e. The van der Waals surface area contributed by atoms with Gasteiger partial charge in [-0.05, 0) is 36.6 Å². The Morgan fingerprint density at radius 1 is 1.53 bits per heavy atom. The Labute approximate surface area is 90.5 Å². The van der Waals surface area contributed by atoms with Crippen molar-refractivity contribution in [3.8, 4) is 11.8 Å². The van der Waals surface area contributed by atoms with Gasteiger partial charge in [0.2, 0.25) is 0 Å². The van der Waals surface area contributed by atoms with E-state index in [-0.39, 0.29) is 0 Å². The fourth-order valence-corrected chi connectivity index (χ4v) is 1.54. The number of benzene rings is 1. The molecular formula is C12H16N2O. The third kappa shape index (κ3) is 2.71. The van der Waals surface area contributed by atoms with Crippen LogP contribution in [-0.2, 0) is 0 Å². The van der Waals surface area contributed by atoms with E-state index in [1.807, 2.05) is 18.2 Å². The van der Waals surface area contributed by atoms with Crippen LogP contribution < -0.4 is 10.5 Å². The summed E-state index contributed by atoms with van der Waals surface area (Å²) < 4.78 is 5.08. The predicted molar refractivity (Wildman–Crippen MR) is 59.8 cm³/mol. The minimum absolute atomic E-state index is 0.382. The van der Waals surface area contributed by atoms with Gasteiger partial charge >= 0.3 is 0 Å². The van der Waals surface area contributed by atoms with E-state index in [1.54, 1.807) is 7.11 Å². The van der Waals surface area contributed by atoms with E-state index < -0.39 is 0 Å². The van der Waals surface area contributed by atoms with Crippen LogP contribution in [0, 0.1) is 11.3 Å². The monoisotopic (exact) mass is 204 g/mol. The third-order valence-electron chi connectivity index (χ3n) is 2.51. The molecule has 0 saturated carbocycles. The molecule has 0 aliphatic carbocycles. The summed E-state index contributed by atoms with van der Waals surface area (Å²) in [5, 5.41) is 8.93. The van der Waals surface area contributed by atoms with Crippen molar-refractivity contribution < 1.29 is 4.74 Å².